The van der Waals surface area contributed by atoms with Crippen LogP contribution >= 0.6 is 0 Å². The second-order valence-corrected chi connectivity index (χ2v) is 13.4. The van der Waals surface area contributed by atoms with Crippen LogP contribution in [0.3, 0.4) is 0 Å². The maximum atomic E-state index is 12.7. The highest BCUT2D eigenvalue weighted by atomic mass is 16.5. The fourth-order valence-electron chi connectivity index (χ4n) is 8.67. The summed E-state index contributed by atoms with van der Waals surface area (Å²) in [5.74, 6) is 1.30. The lowest BCUT2D eigenvalue weighted by Gasteiger charge is -2.58. The summed E-state index contributed by atoms with van der Waals surface area (Å²) < 4.78 is 5.94. The smallest absolute Gasteiger partial charge is 0.306 e. The van der Waals surface area contributed by atoms with Crippen molar-refractivity contribution in [2.24, 2.45) is 28.6 Å². The van der Waals surface area contributed by atoms with Crippen LogP contribution in [0.15, 0.2) is 11.6 Å². The first-order valence-corrected chi connectivity index (χ1v) is 15.9. The fourth-order valence-corrected chi connectivity index (χ4v) is 8.67. The number of carbonyl (C=O) groups excluding carboxylic acids is 2. The zero-order chi connectivity index (χ0) is 26.5. The molecule has 3 saturated carbocycles. The Morgan fingerprint density at radius 2 is 1.49 bits per heavy atom. The zero-order valence-corrected chi connectivity index (χ0v) is 24.1. The van der Waals surface area contributed by atoms with Gasteiger partial charge in [-0.1, -0.05) is 96.6 Å². The summed E-state index contributed by atoms with van der Waals surface area (Å²) >= 11 is 0. The lowest BCUT2D eigenvalue weighted by molar-refractivity contribution is -0.152. The Morgan fingerprint density at radius 1 is 0.892 bits per heavy atom. The molecule has 37 heavy (non-hydrogen) atoms. The predicted octanol–water partition coefficient (Wildman–Crippen LogP) is 8.10. The van der Waals surface area contributed by atoms with E-state index in [-0.39, 0.29) is 28.8 Å². The van der Waals surface area contributed by atoms with Crippen molar-refractivity contribution in [1.29, 1.82) is 0 Å². The SMILES string of the molecule is CCCCCCCCCCCCCC(=O)O[C@H]1CC[C@@]2(C)C(=CC(O)[C@@H]3[C@@H]2CC[C@]2(C)C(=O)CC[C@@H]32)C1. The number of ketones is 1. The average molecular weight is 515 g/mol. The summed E-state index contributed by atoms with van der Waals surface area (Å²) in [6.07, 6.45) is 22.5. The Balaban J connectivity index is 1.18. The van der Waals surface area contributed by atoms with Crippen molar-refractivity contribution in [2.75, 3.05) is 0 Å². The van der Waals surface area contributed by atoms with Crippen molar-refractivity contribution in [1.82, 2.24) is 0 Å². The van der Waals surface area contributed by atoms with E-state index in [0.29, 0.717) is 30.5 Å². The molecule has 0 bridgehead atoms. The van der Waals surface area contributed by atoms with Crippen LogP contribution in [0.25, 0.3) is 0 Å². The average Bonchev–Trinajstić information content (AvgIpc) is 3.17. The topological polar surface area (TPSA) is 63.6 Å². The van der Waals surface area contributed by atoms with Crippen molar-refractivity contribution in [2.45, 2.75) is 155 Å². The standard InChI is InChI=1S/C33H54O4/c1-4-5-6-7-8-9-10-11-12-13-14-15-30(36)37-25-18-20-32(2)24(22-25)23-28(34)31-26-16-17-29(35)33(26,3)21-19-27(31)32/h23,25-28,31,34H,4-22H2,1-3H3/t25-,26-,27-,28?,31-,32-,33-/m0/s1. The molecule has 4 heteroatoms. The Bertz CT molecular complexity index is 817. The number of Topliss-reactive ketones (excluding diaryl/α,β-unsaturated/α-hetero) is 1. The molecule has 0 aromatic heterocycles. The maximum Gasteiger partial charge on any atom is 0.306 e. The first-order valence-electron chi connectivity index (χ1n) is 15.9. The fraction of sp³-hybridized carbons (Fsp3) is 0.879. The molecule has 4 rings (SSSR count). The summed E-state index contributed by atoms with van der Waals surface area (Å²) in [7, 11) is 0. The molecule has 0 aromatic carbocycles. The van der Waals surface area contributed by atoms with E-state index in [9.17, 15) is 14.7 Å². The molecular formula is C33H54O4. The first kappa shape index (κ1) is 28.8. The van der Waals surface area contributed by atoms with Gasteiger partial charge in [0.15, 0.2) is 0 Å². The molecule has 0 heterocycles. The maximum absolute atomic E-state index is 12.7. The minimum atomic E-state index is -0.477. The van der Waals surface area contributed by atoms with Gasteiger partial charge < -0.3 is 9.84 Å². The number of unbranched alkanes of at least 4 members (excludes halogenated alkanes) is 10. The highest BCUT2D eigenvalue weighted by Gasteiger charge is 2.60. The van der Waals surface area contributed by atoms with E-state index >= 15 is 0 Å². The molecule has 4 aliphatic carbocycles. The van der Waals surface area contributed by atoms with E-state index in [2.05, 4.69) is 26.8 Å². The van der Waals surface area contributed by atoms with E-state index < -0.39 is 6.10 Å². The molecule has 1 unspecified atom stereocenters. The minimum Gasteiger partial charge on any atom is -0.462 e. The van der Waals surface area contributed by atoms with Crippen molar-refractivity contribution in [3.63, 3.8) is 0 Å². The number of fused-ring (bicyclic) bond motifs is 5. The zero-order valence-electron chi connectivity index (χ0n) is 24.1. The largest absolute Gasteiger partial charge is 0.462 e. The predicted molar refractivity (Wildman–Crippen MR) is 149 cm³/mol. The van der Waals surface area contributed by atoms with Gasteiger partial charge in [0.2, 0.25) is 0 Å². The third-order valence-corrected chi connectivity index (χ3v) is 11.1. The summed E-state index contributed by atoms with van der Waals surface area (Å²) in [5, 5.41) is 11.2. The van der Waals surface area contributed by atoms with E-state index in [1.807, 2.05) is 0 Å². The van der Waals surface area contributed by atoms with Crippen molar-refractivity contribution in [3.05, 3.63) is 11.6 Å². The van der Waals surface area contributed by atoms with Crippen LogP contribution < -0.4 is 0 Å². The molecular weight excluding hydrogens is 460 g/mol. The van der Waals surface area contributed by atoms with Gasteiger partial charge in [-0.25, -0.2) is 0 Å². The lowest BCUT2D eigenvalue weighted by atomic mass is 9.47. The second-order valence-electron chi connectivity index (χ2n) is 13.4. The minimum absolute atomic E-state index is 0.0442. The highest BCUT2D eigenvalue weighted by molar-refractivity contribution is 5.87. The normalized spacial score (nSPS) is 36.9. The Hall–Kier alpha value is -1.16. The lowest BCUT2D eigenvalue weighted by Crippen LogP contribution is -2.54. The van der Waals surface area contributed by atoms with E-state index in [4.69, 9.17) is 4.74 Å². The molecule has 4 nitrogen and oxygen atoms in total. The Kier molecular flexibility index (Phi) is 9.97. The molecule has 0 aliphatic heterocycles. The van der Waals surface area contributed by atoms with Gasteiger partial charge in [-0.2, -0.15) is 0 Å². The van der Waals surface area contributed by atoms with Gasteiger partial charge in [0.05, 0.1) is 6.10 Å². The number of aliphatic hydroxyl groups is 1. The van der Waals surface area contributed by atoms with Gasteiger partial charge in [-0.15, -0.1) is 0 Å². The van der Waals surface area contributed by atoms with E-state index in [1.54, 1.807) is 0 Å². The van der Waals surface area contributed by atoms with E-state index in [1.165, 1.54) is 63.4 Å². The van der Waals surface area contributed by atoms with Gasteiger partial charge in [0, 0.05) is 24.7 Å². The number of aliphatic hydroxyl groups excluding tert-OH is 1. The van der Waals surface area contributed by atoms with Gasteiger partial charge in [-0.3, -0.25) is 9.59 Å². The third kappa shape index (κ3) is 6.36. The van der Waals surface area contributed by atoms with Crippen LogP contribution in [0.1, 0.15) is 143 Å². The van der Waals surface area contributed by atoms with Crippen LogP contribution in [0.2, 0.25) is 0 Å². The summed E-state index contributed by atoms with van der Waals surface area (Å²) in [6.45, 7) is 6.80. The van der Waals surface area contributed by atoms with Crippen molar-refractivity contribution < 1.29 is 19.4 Å². The molecule has 0 amide bonds. The van der Waals surface area contributed by atoms with E-state index in [0.717, 1.165) is 51.4 Å². The van der Waals surface area contributed by atoms with Gasteiger partial charge in [0.1, 0.15) is 11.9 Å². The van der Waals surface area contributed by atoms with Crippen molar-refractivity contribution >= 4 is 11.8 Å². The molecule has 0 spiro atoms. The van der Waals surface area contributed by atoms with Crippen molar-refractivity contribution in [3.8, 4) is 0 Å². The monoisotopic (exact) mass is 514 g/mol. The molecule has 0 aromatic rings. The Morgan fingerprint density at radius 3 is 2.16 bits per heavy atom. The molecule has 0 saturated heterocycles. The number of ether oxygens (including phenoxy) is 1. The highest BCUT2D eigenvalue weighted by Crippen LogP contribution is 2.64. The molecule has 3 fully saturated rings. The first-order chi connectivity index (χ1) is 17.8. The van der Waals surface area contributed by atoms with Crippen LogP contribution in [-0.2, 0) is 14.3 Å². The summed E-state index contributed by atoms with van der Waals surface area (Å²) in [6, 6.07) is 0. The number of rotatable bonds is 13. The van der Waals surface area contributed by atoms with Gasteiger partial charge in [-0.05, 0) is 61.7 Å². The summed E-state index contributed by atoms with van der Waals surface area (Å²) in [4.78, 5) is 25.2. The second kappa shape index (κ2) is 12.8. The van der Waals surface area contributed by atoms with Crippen LogP contribution in [0.5, 0.6) is 0 Å². The third-order valence-electron chi connectivity index (χ3n) is 11.1. The number of carbonyl (C=O) groups is 2. The van der Waals surface area contributed by atoms with Crippen LogP contribution in [-0.4, -0.2) is 29.1 Å². The van der Waals surface area contributed by atoms with Gasteiger partial charge >= 0.3 is 5.97 Å². The number of esters is 1. The molecule has 210 valence electrons. The number of hydrogen-bond donors (Lipinski definition) is 1. The molecule has 1 N–H and O–H groups in total. The Labute approximate surface area is 226 Å². The molecule has 4 aliphatic rings. The molecule has 7 atom stereocenters. The van der Waals surface area contributed by atoms with Crippen LogP contribution in [0, 0.1) is 28.6 Å². The quantitative estimate of drug-likeness (QED) is 0.153. The van der Waals surface area contributed by atoms with Crippen LogP contribution in [0.4, 0.5) is 0 Å². The number of hydrogen-bond acceptors (Lipinski definition) is 4. The molecule has 0 radical (unpaired) electrons. The summed E-state index contributed by atoms with van der Waals surface area (Å²) in [5.41, 5.74) is 1.13. The van der Waals surface area contributed by atoms with Gasteiger partial charge in [0.25, 0.3) is 0 Å².